The number of hydrogen-bond acceptors (Lipinski definition) is 6. The first-order valence-electron chi connectivity index (χ1n) is 12.5. The van der Waals surface area contributed by atoms with Crippen molar-refractivity contribution in [2.45, 2.75) is 58.0 Å². The zero-order chi connectivity index (χ0) is 25.0. The molecule has 2 aliphatic rings. The van der Waals surface area contributed by atoms with Crippen LogP contribution in [0.4, 0.5) is 0 Å². The molecule has 1 amide bonds. The van der Waals surface area contributed by atoms with E-state index in [1.165, 1.54) is 5.56 Å². The van der Waals surface area contributed by atoms with E-state index in [9.17, 15) is 15.0 Å². The highest BCUT2D eigenvalue weighted by Gasteiger charge is 2.45. The number of hydrogen-bond donors (Lipinski definition) is 2. The van der Waals surface area contributed by atoms with Crippen molar-refractivity contribution < 1.29 is 24.5 Å². The van der Waals surface area contributed by atoms with Gasteiger partial charge in [0, 0.05) is 37.7 Å². The van der Waals surface area contributed by atoms with Crippen LogP contribution in [0.2, 0.25) is 0 Å². The molecule has 0 radical (unpaired) electrons. The molecule has 3 atom stereocenters. The maximum Gasteiger partial charge on any atom is 0.255 e. The third kappa shape index (κ3) is 6.22. The van der Waals surface area contributed by atoms with Crippen molar-refractivity contribution >= 4 is 5.91 Å². The second kappa shape index (κ2) is 11.1. The number of aryl methyl sites for hydroxylation is 1. The molecule has 3 unspecified atom stereocenters. The number of nitrogens with zero attached hydrogens (tertiary/aromatic N) is 2. The lowest BCUT2D eigenvalue weighted by molar-refractivity contribution is -0.174. The summed E-state index contributed by atoms with van der Waals surface area (Å²) in [5, 5.41) is 20.1. The van der Waals surface area contributed by atoms with Gasteiger partial charge >= 0.3 is 0 Å². The van der Waals surface area contributed by atoms with Crippen LogP contribution >= 0.6 is 0 Å². The SMILES string of the molecule is Cc1cc(C(=O)N2CCC3(CC(C(O)CO)CN(Cc4ccccc4)C3)OC2)ccc1OC(C)C. The summed E-state index contributed by atoms with van der Waals surface area (Å²) in [6.07, 6.45) is 0.643. The Morgan fingerprint density at radius 3 is 2.63 bits per heavy atom. The minimum Gasteiger partial charge on any atom is -0.491 e. The number of ether oxygens (including phenoxy) is 2. The quantitative estimate of drug-likeness (QED) is 0.631. The third-order valence-electron chi connectivity index (χ3n) is 7.05. The standard InChI is InChI=1S/C28H38N2O5/c1-20(2)35-26-10-9-23(13-21(26)3)27(33)30-12-11-28(34-19-30)14-24(25(32)17-31)16-29(18-28)15-22-7-5-4-6-8-22/h4-10,13,20,24-25,31-32H,11-12,14-19H2,1-3H3. The van der Waals surface area contributed by atoms with Gasteiger partial charge in [0.2, 0.25) is 0 Å². The molecule has 0 aliphatic carbocycles. The van der Waals surface area contributed by atoms with Gasteiger partial charge in [0.25, 0.3) is 5.91 Å². The molecule has 2 N–H and O–H groups in total. The summed E-state index contributed by atoms with van der Waals surface area (Å²) in [6.45, 7) is 8.64. The van der Waals surface area contributed by atoms with E-state index in [1.54, 1.807) is 4.90 Å². The first kappa shape index (κ1) is 25.6. The normalized spacial score (nSPS) is 24.1. The summed E-state index contributed by atoms with van der Waals surface area (Å²) in [5.41, 5.74) is 2.31. The van der Waals surface area contributed by atoms with Crippen molar-refractivity contribution in [1.29, 1.82) is 0 Å². The molecular formula is C28H38N2O5. The van der Waals surface area contributed by atoms with Crippen molar-refractivity contribution in [2.75, 3.05) is 33.0 Å². The van der Waals surface area contributed by atoms with E-state index in [4.69, 9.17) is 9.47 Å². The lowest BCUT2D eigenvalue weighted by atomic mass is 9.79. The van der Waals surface area contributed by atoms with Gasteiger partial charge in [-0.3, -0.25) is 9.69 Å². The number of aliphatic hydroxyl groups excluding tert-OH is 2. The van der Waals surface area contributed by atoms with Crippen LogP contribution < -0.4 is 4.74 Å². The van der Waals surface area contributed by atoms with Gasteiger partial charge in [0.05, 0.1) is 24.4 Å². The zero-order valence-corrected chi connectivity index (χ0v) is 21.0. The Balaban J connectivity index is 1.43. The minimum atomic E-state index is -0.789. The highest BCUT2D eigenvalue weighted by atomic mass is 16.5. The molecule has 4 rings (SSSR count). The van der Waals surface area contributed by atoms with Gasteiger partial charge in [-0.1, -0.05) is 30.3 Å². The maximum atomic E-state index is 13.2. The Kier molecular flexibility index (Phi) is 8.12. The van der Waals surface area contributed by atoms with E-state index in [1.807, 2.05) is 57.2 Å². The summed E-state index contributed by atoms with van der Waals surface area (Å²) >= 11 is 0. The average Bonchev–Trinajstić information content (AvgIpc) is 2.85. The van der Waals surface area contributed by atoms with Crippen LogP contribution in [-0.2, 0) is 11.3 Å². The summed E-state index contributed by atoms with van der Waals surface area (Å²) in [6, 6.07) is 15.8. The smallest absolute Gasteiger partial charge is 0.255 e. The average molecular weight is 483 g/mol. The fourth-order valence-electron chi connectivity index (χ4n) is 5.27. The second-order valence-electron chi connectivity index (χ2n) is 10.3. The molecule has 190 valence electrons. The molecule has 2 fully saturated rings. The lowest BCUT2D eigenvalue weighted by Gasteiger charge is -2.50. The molecule has 2 heterocycles. The molecule has 0 saturated carbocycles. The van der Waals surface area contributed by atoms with E-state index in [0.29, 0.717) is 31.5 Å². The Morgan fingerprint density at radius 1 is 1.23 bits per heavy atom. The van der Waals surface area contributed by atoms with Gasteiger partial charge in [0.15, 0.2) is 0 Å². The van der Waals surface area contributed by atoms with Crippen molar-refractivity contribution in [3.05, 3.63) is 65.2 Å². The molecule has 7 nitrogen and oxygen atoms in total. The second-order valence-corrected chi connectivity index (χ2v) is 10.3. The summed E-state index contributed by atoms with van der Waals surface area (Å²) in [5.74, 6) is 0.651. The molecule has 1 spiro atoms. The first-order chi connectivity index (χ1) is 16.8. The van der Waals surface area contributed by atoms with Gasteiger partial charge in [-0.25, -0.2) is 0 Å². The zero-order valence-electron chi connectivity index (χ0n) is 21.0. The number of carbonyl (C=O) groups is 1. The van der Waals surface area contributed by atoms with E-state index in [2.05, 4.69) is 17.0 Å². The number of piperidine rings is 1. The highest BCUT2D eigenvalue weighted by Crippen LogP contribution is 2.37. The minimum absolute atomic E-state index is 0.0528. The topological polar surface area (TPSA) is 82.5 Å². The number of aliphatic hydroxyl groups is 2. The van der Waals surface area contributed by atoms with E-state index in [0.717, 1.165) is 24.4 Å². The number of rotatable bonds is 7. The number of carbonyl (C=O) groups excluding carboxylic acids is 1. The predicted molar refractivity (Wildman–Crippen MR) is 134 cm³/mol. The van der Waals surface area contributed by atoms with Gasteiger partial charge in [-0.15, -0.1) is 0 Å². The summed E-state index contributed by atoms with van der Waals surface area (Å²) < 4.78 is 12.2. The number of amides is 1. The molecule has 0 aromatic heterocycles. The monoisotopic (exact) mass is 482 g/mol. The van der Waals surface area contributed by atoms with Gasteiger partial charge in [-0.05, 0) is 62.9 Å². The van der Waals surface area contributed by atoms with Crippen molar-refractivity contribution in [3.8, 4) is 5.75 Å². The number of benzene rings is 2. The van der Waals surface area contributed by atoms with Crippen LogP contribution in [0.5, 0.6) is 5.75 Å². The largest absolute Gasteiger partial charge is 0.491 e. The molecule has 2 saturated heterocycles. The van der Waals surface area contributed by atoms with Gasteiger partial charge in [-0.2, -0.15) is 0 Å². The van der Waals surface area contributed by atoms with Crippen LogP contribution in [0.3, 0.4) is 0 Å². The van der Waals surface area contributed by atoms with Gasteiger partial charge < -0.3 is 24.6 Å². The fraction of sp³-hybridized carbons (Fsp3) is 0.536. The number of likely N-dealkylation sites (tertiary alicyclic amines) is 1. The van der Waals surface area contributed by atoms with Gasteiger partial charge in [0.1, 0.15) is 12.5 Å². The Labute approximate surface area is 208 Å². The molecule has 0 bridgehead atoms. The van der Waals surface area contributed by atoms with E-state index in [-0.39, 0.29) is 31.3 Å². The summed E-state index contributed by atoms with van der Waals surface area (Å²) in [7, 11) is 0. The Hall–Kier alpha value is -2.45. The van der Waals surface area contributed by atoms with Crippen molar-refractivity contribution in [3.63, 3.8) is 0 Å². The molecule has 2 aromatic carbocycles. The van der Waals surface area contributed by atoms with Crippen molar-refractivity contribution in [2.24, 2.45) is 5.92 Å². The highest BCUT2D eigenvalue weighted by molar-refractivity contribution is 5.94. The van der Waals surface area contributed by atoms with E-state index < -0.39 is 11.7 Å². The molecule has 35 heavy (non-hydrogen) atoms. The first-order valence-corrected chi connectivity index (χ1v) is 12.5. The van der Waals surface area contributed by atoms with Crippen LogP contribution in [-0.4, -0.2) is 76.7 Å². The molecule has 2 aromatic rings. The summed E-state index contributed by atoms with van der Waals surface area (Å²) in [4.78, 5) is 17.3. The Morgan fingerprint density at radius 2 is 2.00 bits per heavy atom. The molecule has 7 heteroatoms. The third-order valence-corrected chi connectivity index (χ3v) is 7.05. The van der Waals surface area contributed by atoms with E-state index >= 15 is 0 Å². The molecule has 2 aliphatic heterocycles. The van der Waals surface area contributed by atoms with Crippen molar-refractivity contribution in [1.82, 2.24) is 9.80 Å². The van der Waals surface area contributed by atoms with Crippen LogP contribution in [0.25, 0.3) is 0 Å². The Bertz CT molecular complexity index is 988. The molecular weight excluding hydrogens is 444 g/mol. The fourth-order valence-corrected chi connectivity index (χ4v) is 5.27. The predicted octanol–water partition coefficient (Wildman–Crippen LogP) is 3.22. The van der Waals surface area contributed by atoms with Crippen LogP contribution in [0.15, 0.2) is 48.5 Å². The van der Waals surface area contributed by atoms with Crippen LogP contribution in [0.1, 0.15) is 48.2 Å². The lowest BCUT2D eigenvalue weighted by Crippen LogP contribution is -2.60. The van der Waals surface area contributed by atoms with Crippen LogP contribution in [0, 0.1) is 12.8 Å². The maximum absolute atomic E-state index is 13.2.